The van der Waals surface area contributed by atoms with Gasteiger partial charge in [0.05, 0.1) is 11.0 Å². The summed E-state index contributed by atoms with van der Waals surface area (Å²) in [5, 5.41) is 9.15. The zero-order valence-corrected chi connectivity index (χ0v) is 14.4. The Labute approximate surface area is 138 Å². The molecule has 2 N–H and O–H groups in total. The molecule has 1 fully saturated rings. The molecular formula is C15H21N5O2S. The predicted octanol–water partition coefficient (Wildman–Crippen LogP) is 2.22. The highest BCUT2D eigenvalue weighted by Gasteiger charge is 2.32. The Kier molecular flexibility index (Phi) is 4.09. The molecule has 7 nitrogen and oxygen atoms in total. The standard InChI is InChI=1S/C15H21N5O2S/c1-15(2,3)13-16-9(8-23-13)12(21)20-7-5-4-6-10(20)11-17-14(22)19-18-11/h8,10H,4-7H2,1-3H3,(H2,17,18,19,22). The number of nitrogens with zero attached hydrogens (tertiary/aromatic N) is 3. The lowest BCUT2D eigenvalue weighted by Gasteiger charge is -2.33. The first-order chi connectivity index (χ1) is 10.9. The van der Waals surface area contributed by atoms with Gasteiger partial charge in [-0.15, -0.1) is 11.3 Å². The number of nitrogens with one attached hydrogen (secondary N) is 2. The van der Waals surface area contributed by atoms with Gasteiger partial charge in [-0.1, -0.05) is 20.8 Å². The van der Waals surface area contributed by atoms with E-state index in [-0.39, 0.29) is 23.1 Å². The number of thiazole rings is 1. The van der Waals surface area contributed by atoms with Gasteiger partial charge in [-0.05, 0) is 19.3 Å². The molecule has 0 radical (unpaired) electrons. The topological polar surface area (TPSA) is 94.7 Å². The molecule has 8 heteroatoms. The highest BCUT2D eigenvalue weighted by Crippen LogP contribution is 2.31. The third-order valence-electron chi connectivity index (χ3n) is 3.96. The molecule has 3 rings (SSSR count). The second-order valence-electron chi connectivity index (χ2n) is 6.86. The number of carbonyl (C=O) groups excluding carboxylic acids is 1. The molecule has 0 saturated carbocycles. The summed E-state index contributed by atoms with van der Waals surface area (Å²) in [5.41, 5.74) is 0.0594. The van der Waals surface area contributed by atoms with Gasteiger partial charge in [-0.2, -0.15) is 5.10 Å². The first-order valence-electron chi connectivity index (χ1n) is 7.78. The fourth-order valence-electron chi connectivity index (χ4n) is 2.76. The summed E-state index contributed by atoms with van der Waals surface area (Å²) in [6.45, 7) is 6.90. The predicted molar refractivity (Wildman–Crippen MR) is 87.7 cm³/mol. The second-order valence-corrected chi connectivity index (χ2v) is 7.72. The summed E-state index contributed by atoms with van der Waals surface area (Å²) >= 11 is 1.51. The van der Waals surface area contributed by atoms with E-state index in [1.54, 1.807) is 4.90 Å². The van der Waals surface area contributed by atoms with Gasteiger partial charge in [0.1, 0.15) is 5.69 Å². The Bertz CT molecular complexity index is 754. The maximum absolute atomic E-state index is 12.9. The molecule has 2 aromatic rings. The van der Waals surface area contributed by atoms with E-state index in [1.807, 2.05) is 5.38 Å². The molecule has 1 aliphatic heterocycles. The average Bonchev–Trinajstić information content (AvgIpc) is 3.15. The number of rotatable bonds is 2. The number of amides is 1. The van der Waals surface area contributed by atoms with Crippen molar-refractivity contribution in [1.29, 1.82) is 0 Å². The molecular weight excluding hydrogens is 314 g/mol. The van der Waals surface area contributed by atoms with Crippen molar-refractivity contribution in [2.75, 3.05) is 6.54 Å². The lowest BCUT2D eigenvalue weighted by molar-refractivity contribution is 0.0594. The van der Waals surface area contributed by atoms with E-state index in [4.69, 9.17) is 0 Å². The van der Waals surface area contributed by atoms with Crippen LogP contribution in [0.2, 0.25) is 0 Å². The fraction of sp³-hybridized carbons (Fsp3) is 0.600. The highest BCUT2D eigenvalue weighted by atomic mass is 32.1. The van der Waals surface area contributed by atoms with E-state index in [1.165, 1.54) is 11.3 Å². The monoisotopic (exact) mass is 335 g/mol. The van der Waals surface area contributed by atoms with Crippen molar-refractivity contribution in [3.8, 4) is 0 Å². The van der Waals surface area contributed by atoms with Crippen LogP contribution in [0, 0.1) is 0 Å². The van der Waals surface area contributed by atoms with Gasteiger partial charge in [0, 0.05) is 17.3 Å². The van der Waals surface area contributed by atoms with Crippen LogP contribution in [0.1, 0.15) is 67.4 Å². The largest absolute Gasteiger partial charge is 0.340 e. The molecule has 23 heavy (non-hydrogen) atoms. The summed E-state index contributed by atoms with van der Waals surface area (Å²) in [6.07, 6.45) is 2.75. The number of likely N-dealkylation sites (tertiary alicyclic amines) is 1. The first-order valence-corrected chi connectivity index (χ1v) is 8.66. The number of hydrogen-bond acceptors (Lipinski definition) is 5. The lowest BCUT2D eigenvalue weighted by Crippen LogP contribution is -2.39. The van der Waals surface area contributed by atoms with Crippen LogP contribution in [0.4, 0.5) is 0 Å². The van der Waals surface area contributed by atoms with Gasteiger partial charge in [-0.25, -0.2) is 14.9 Å². The number of aromatic amines is 2. The van der Waals surface area contributed by atoms with Crippen LogP contribution in [0.25, 0.3) is 0 Å². The Morgan fingerprint density at radius 2 is 2.17 bits per heavy atom. The van der Waals surface area contributed by atoms with Crippen molar-refractivity contribution in [3.63, 3.8) is 0 Å². The molecule has 124 valence electrons. The van der Waals surface area contributed by atoms with E-state index in [9.17, 15) is 9.59 Å². The molecule has 0 spiro atoms. The summed E-state index contributed by atoms with van der Waals surface area (Å²) in [5.74, 6) is 0.430. The van der Waals surface area contributed by atoms with Gasteiger partial charge < -0.3 is 4.90 Å². The van der Waals surface area contributed by atoms with E-state index in [0.29, 0.717) is 18.1 Å². The molecule has 0 aliphatic carbocycles. The molecule has 1 unspecified atom stereocenters. The molecule has 1 atom stereocenters. The van der Waals surface area contributed by atoms with Crippen molar-refractivity contribution < 1.29 is 4.79 Å². The Balaban J connectivity index is 1.87. The Hall–Kier alpha value is -1.96. The third-order valence-corrected chi connectivity index (χ3v) is 5.23. The van der Waals surface area contributed by atoms with Crippen LogP contribution in [0.3, 0.4) is 0 Å². The number of piperidine rings is 1. The Morgan fingerprint density at radius 3 is 2.78 bits per heavy atom. The Morgan fingerprint density at radius 1 is 1.39 bits per heavy atom. The maximum atomic E-state index is 12.9. The number of aromatic nitrogens is 4. The van der Waals surface area contributed by atoms with Crippen LogP contribution >= 0.6 is 11.3 Å². The summed E-state index contributed by atoms with van der Waals surface area (Å²) in [6, 6.07) is -0.199. The van der Waals surface area contributed by atoms with Crippen LogP contribution in [0.15, 0.2) is 10.2 Å². The smallest absolute Gasteiger partial charge is 0.327 e. The van der Waals surface area contributed by atoms with Crippen LogP contribution in [-0.2, 0) is 5.41 Å². The van der Waals surface area contributed by atoms with E-state index in [2.05, 4.69) is 40.9 Å². The van der Waals surface area contributed by atoms with Gasteiger partial charge in [0.15, 0.2) is 5.82 Å². The first kappa shape index (κ1) is 15.9. The molecule has 1 aliphatic rings. The second kappa shape index (κ2) is 5.92. The lowest BCUT2D eigenvalue weighted by atomic mass is 9.98. The minimum atomic E-state index is -0.346. The SMILES string of the molecule is CC(C)(C)c1nc(C(=O)N2CCCCC2c2n[nH]c(=O)[nH]2)cs1. The van der Waals surface area contributed by atoms with E-state index >= 15 is 0 Å². The normalized spacial score (nSPS) is 19.1. The van der Waals surface area contributed by atoms with Gasteiger partial charge in [-0.3, -0.25) is 9.78 Å². The average molecular weight is 335 g/mol. The van der Waals surface area contributed by atoms with Gasteiger partial charge >= 0.3 is 5.69 Å². The third kappa shape index (κ3) is 3.21. The number of hydrogen-bond donors (Lipinski definition) is 2. The summed E-state index contributed by atoms with van der Waals surface area (Å²) < 4.78 is 0. The van der Waals surface area contributed by atoms with Gasteiger partial charge in [0.25, 0.3) is 5.91 Å². The van der Waals surface area contributed by atoms with Crippen LogP contribution in [0.5, 0.6) is 0 Å². The minimum Gasteiger partial charge on any atom is -0.327 e. The van der Waals surface area contributed by atoms with E-state index in [0.717, 1.165) is 24.3 Å². The molecule has 1 amide bonds. The van der Waals surface area contributed by atoms with Crippen molar-refractivity contribution in [2.45, 2.75) is 51.5 Å². The molecule has 3 heterocycles. The van der Waals surface area contributed by atoms with Crippen molar-refractivity contribution >= 4 is 17.2 Å². The van der Waals surface area contributed by atoms with Crippen LogP contribution in [-0.4, -0.2) is 37.5 Å². The summed E-state index contributed by atoms with van der Waals surface area (Å²) in [4.78, 5) is 33.1. The molecule has 0 aromatic carbocycles. The molecule has 0 bridgehead atoms. The summed E-state index contributed by atoms with van der Waals surface area (Å²) in [7, 11) is 0. The van der Waals surface area contributed by atoms with Crippen molar-refractivity contribution in [2.24, 2.45) is 0 Å². The molecule has 1 saturated heterocycles. The van der Waals surface area contributed by atoms with Crippen LogP contribution < -0.4 is 5.69 Å². The maximum Gasteiger partial charge on any atom is 0.340 e. The quantitative estimate of drug-likeness (QED) is 0.880. The zero-order chi connectivity index (χ0) is 16.6. The number of H-pyrrole nitrogens is 2. The van der Waals surface area contributed by atoms with Gasteiger partial charge in [0.2, 0.25) is 0 Å². The molecule has 2 aromatic heterocycles. The van der Waals surface area contributed by atoms with E-state index < -0.39 is 0 Å². The minimum absolute atomic E-state index is 0.0715. The zero-order valence-electron chi connectivity index (χ0n) is 13.5. The van der Waals surface area contributed by atoms with Crippen molar-refractivity contribution in [1.82, 2.24) is 25.1 Å². The highest BCUT2D eigenvalue weighted by molar-refractivity contribution is 7.10. The fourth-order valence-corrected chi connectivity index (χ4v) is 3.64. The van der Waals surface area contributed by atoms with Crippen molar-refractivity contribution in [3.05, 3.63) is 32.4 Å². The number of carbonyl (C=O) groups is 1.